The quantitative estimate of drug-likeness (QED) is 0.801. The first-order valence-corrected chi connectivity index (χ1v) is 10.2. The summed E-state index contributed by atoms with van der Waals surface area (Å²) in [4.78, 5) is 11.8. The number of nitrogens with one attached hydrogen (secondary N) is 1. The van der Waals surface area contributed by atoms with Gasteiger partial charge in [0.05, 0.1) is 6.54 Å². The van der Waals surface area contributed by atoms with Gasteiger partial charge >= 0.3 is 0 Å². The maximum absolute atomic E-state index is 13.1. The van der Waals surface area contributed by atoms with Gasteiger partial charge in [-0.2, -0.15) is 4.31 Å². The van der Waals surface area contributed by atoms with Crippen molar-refractivity contribution in [3.05, 3.63) is 52.7 Å². The highest BCUT2D eigenvalue weighted by Gasteiger charge is 2.38. The Morgan fingerprint density at radius 3 is 2.52 bits per heavy atom. The van der Waals surface area contributed by atoms with E-state index in [9.17, 15) is 17.6 Å². The normalized spacial score (nSPS) is 14.7. The predicted octanol–water partition coefficient (Wildman–Crippen LogP) is 2.88. The van der Waals surface area contributed by atoms with E-state index in [0.717, 1.165) is 34.6 Å². The van der Waals surface area contributed by atoms with Crippen LogP contribution in [0.1, 0.15) is 30.2 Å². The number of sulfonamides is 1. The molecule has 0 bridgehead atoms. The zero-order chi connectivity index (χ0) is 18.0. The summed E-state index contributed by atoms with van der Waals surface area (Å²) in [7, 11) is -3.62. The Balaban J connectivity index is 1.80. The molecule has 8 heteroatoms. The molecule has 1 aromatic carbocycles. The van der Waals surface area contributed by atoms with Crippen molar-refractivity contribution in [1.82, 2.24) is 9.62 Å². The molecule has 0 unspecified atom stereocenters. The number of hydrogen-bond donors (Lipinski definition) is 1. The number of rotatable bonds is 7. The number of carbonyl (C=O) groups is 1. The van der Waals surface area contributed by atoms with Gasteiger partial charge in [0.25, 0.3) is 10.0 Å². The summed E-state index contributed by atoms with van der Waals surface area (Å²) < 4.78 is 40.8. The average Bonchev–Trinajstić information content (AvgIpc) is 3.28. The van der Waals surface area contributed by atoms with Crippen LogP contribution in [-0.2, 0) is 27.9 Å². The van der Waals surface area contributed by atoms with E-state index in [2.05, 4.69) is 5.32 Å². The lowest BCUT2D eigenvalue weighted by atomic mass is 10.2. The molecule has 0 spiro atoms. The second-order valence-corrected chi connectivity index (χ2v) is 9.32. The molecule has 1 N–H and O–H groups in total. The van der Waals surface area contributed by atoms with Crippen LogP contribution in [0.4, 0.5) is 4.39 Å². The van der Waals surface area contributed by atoms with Crippen LogP contribution in [0, 0.1) is 5.82 Å². The lowest BCUT2D eigenvalue weighted by Crippen LogP contribution is -2.32. The number of thiophene rings is 1. The lowest BCUT2D eigenvalue weighted by molar-refractivity contribution is -0.119. The van der Waals surface area contributed by atoms with Crippen LogP contribution < -0.4 is 5.32 Å². The van der Waals surface area contributed by atoms with Crippen molar-refractivity contribution in [1.29, 1.82) is 0 Å². The summed E-state index contributed by atoms with van der Waals surface area (Å²) in [6.07, 6.45) is 1.68. The monoisotopic (exact) mass is 382 g/mol. The molecular formula is C17H19FN2O3S2. The molecule has 0 saturated heterocycles. The van der Waals surface area contributed by atoms with Gasteiger partial charge in [0, 0.05) is 24.4 Å². The van der Waals surface area contributed by atoms with Crippen molar-refractivity contribution >= 4 is 27.3 Å². The molecule has 0 aliphatic heterocycles. The fourth-order valence-electron chi connectivity index (χ4n) is 2.46. The summed E-state index contributed by atoms with van der Waals surface area (Å²) in [5.74, 6) is -0.501. The number of hydrogen-bond acceptors (Lipinski definition) is 4. The minimum Gasteiger partial charge on any atom is -0.351 e. The molecule has 5 nitrogen and oxygen atoms in total. The Labute approximate surface area is 150 Å². The fourth-order valence-corrected chi connectivity index (χ4v) is 5.56. The SMILES string of the molecule is CC(=O)NCc1ccc(S(=O)(=O)N(Cc2ccc(F)cc2)C2CC2)s1. The molecule has 2 aromatic rings. The van der Waals surface area contributed by atoms with Crippen molar-refractivity contribution in [2.24, 2.45) is 0 Å². The highest BCUT2D eigenvalue weighted by Crippen LogP contribution is 2.35. The van der Waals surface area contributed by atoms with Crippen molar-refractivity contribution in [2.75, 3.05) is 0 Å². The zero-order valence-corrected chi connectivity index (χ0v) is 15.4. The van der Waals surface area contributed by atoms with Crippen molar-refractivity contribution < 1.29 is 17.6 Å². The van der Waals surface area contributed by atoms with E-state index in [1.165, 1.54) is 23.4 Å². The minimum absolute atomic E-state index is 0.00375. The molecule has 3 rings (SSSR count). The molecule has 134 valence electrons. The van der Waals surface area contributed by atoms with Gasteiger partial charge in [-0.3, -0.25) is 4.79 Å². The van der Waals surface area contributed by atoms with Gasteiger partial charge in [-0.15, -0.1) is 11.3 Å². The largest absolute Gasteiger partial charge is 0.351 e. The average molecular weight is 382 g/mol. The third-order valence-electron chi connectivity index (χ3n) is 3.92. The van der Waals surface area contributed by atoms with E-state index in [0.29, 0.717) is 6.54 Å². The van der Waals surface area contributed by atoms with Gasteiger partial charge < -0.3 is 5.32 Å². The van der Waals surface area contributed by atoms with Crippen LogP contribution in [0.25, 0.3) is 0 Å². The number of halogens is 1. The Hall–Kier alpha value is -1.77. The summed E-state index contributed by atoms with van der Waals surface area (Å²) >= 11 is 1.16. The molecule has 1 fully saturated rings. The zero-order valence-electron chi connectivity index (χ0n) is 13.7. The molecule has 0 atom stereocenters. The van der Waals surface area contributed by atoms with Crippen LogP contribution in [-0.4, -0.2) is 24.7 Å². The molecule has 1 amide bonds. The molecule has 1 saturated carbocycles. The molecular weight excluding hydrogens is 363 g/mol. The van der Waals surface area contributed by atoms with Crippen LogP contribution >= 0.6 is 11.3 Å². The number of amides is 1. The molecule has 25 heavy (non-hydrogen) atoms. The van der Waals surface area contributed by atoms with Crippen molar-refractivity contribution in [3.8, 4) is 0 Å². The summed E-state index contributed by atoms with van der Waals surface area (Å²) in [6, 6.07) is 9.19. The second-order valence-electron chi connectivity index (χ2n) is 6.04. The highest BCUT2D eigenvalue weighted by atomic mass is 32.2. The Kier molecular flexibility index (Phi) is 5.21. The van der Waals surface area contributed by atoms with Gasteiger partial charge in [0.2, 0.25) is 5.91 Å². The standard InChI is InChI=1S/C17H19FN2O3S2/c1-12(21)19-10-16-8-9-17(24-16)25(22,23)20(15-6-7-15)11-13-2-4-14(18)5-3-13/h2-5,8-9,15H,6-7,10-11H2,1H3,(H,19,21). The molecule has 1 aliphatic carbocycles. The lowest BCUT2D eigenvalue weighted by Gasteiger charge is -2.21. The first kappa shape index (κ1) is 18.0. The van der Waals surface area contributed by atoms with Gasteiger partial charge in [0.15, 0.2) is 0 Å². The topological polar surface area (TPSA) is 66.5 Å². The Morgan fingerprint density at radius 2 is 1.92 bits per heavy atom. The van der Waals surface area contributed by atoms with E-state index in [-0.39, 0.29) is 28.5 Å². The van der Waals surface area contributed by atoms with Crippen LogP contribution in [0.5, 0.6) is 0 Å². The van der Waals surface area contributed by atoms with Crippen LogP contribution in [0.3, 0.4) is 0 Å². The fraction of sp³-hybridized carbons (Fsp3) is 0.353. The summed E-state index contributed by atoms with van der Waals surface area (Å²) in [5.41, 5.74) is 0.756. The first-order chi connectivity index (χ1) is 11.9. The molecule has 1 aliphatic rings. The van der Waals surface area contributed by atoms with E-state index in [1.807, 2.05) is 0 Å². The summed E-state index contributed by atoms with van der Waals surface area (Å²) in [5, 5.41) is 2.66. The van der Waals surface area contributed by atoms with Gasteiger partial charge in [0.1, 0.15) is 10.0 Å². The predicted molar refractivity (Wildman–Crippen MR) is 94.0 cm³/mol. The number of carbonyl (C=O) groups excluding carboxylic acids is 1. The Morgan fingerprint density at radius 1 is 1.24 bits per heavy atom. The maximum Gasteiger partial charge on any atom is 0.253 e. The highest BCUT2D eigenvalue weighted by molar-refractivity contribution is 7.91. The van der Waals surface area contributed by atoms with E-state index >= 15 is 0 Å². The molecule has 0 radical (unpaired) electrons. The third kappa shape index (κ3) is 4.45. The molecule has 1 heterocycles. The smallest absolute Gasteiger partial charge is 0.253 e. The number of nitrogens with zero attached hydrogens (tertiary/aromatic N) is 1. The maximum atomic E-state index is 13.1. The van der Waals surface area contributed by atoms with Crippen molar-refractivity contribution in [3.63, 3.8) is 0 Å². The minimum atomic E-state index is -3.62. The second kappa shape index (κ2) is 7.23. The van der Waals surface area contributed by atoms with Crippen LogP contribution in [0.15, 0.2) is 40.6 Å². The van der Waals surface area contributed by atoms with E-state index in [1.54, 1.807) is 24.3 Å². The first-order valence-electron chi connectivity index (χ1n) is 7.96. The van der Waals surface area contributed by atoms with Gasteiger partial charge in [-0.1, -0.05) is 12.1 Å². The number of benzene rings is 1. The van der Waals surface area contributed by atoms with Gasteiger partial charge in [-0.25, -0.2) is 12.8 Å². The van der Waals surface area contributed by atoms with E-state index < -0.39 is 10.0 Å². The third-order valence-corrected chi connectivity index (χ3v) is 7.37. The molecule has 1 aromatic heterocycles. The summed E-state index contributed by atoms with van der Waals surface area (Å²) in [6.45, 7) is 1.96. The van der Waals surface area contributed by atoms with E-state index in [4.69, 9.17) is 0 Å². The van der Waals surface area contributed by atoms with Crippen LogP contribution in [0.2, 0.25) is 0 Å². The van der Waals surface area contributed by atoms with Gasteiger partial charge in [-0.05, 0) is 42.7 Å². The van der Waals surface area contributed by atoms with Crippen molar-refractivity contribution in [2.45, 2.75) is 43.1 Å². The Bertz CT molecular complexity index is 858.